The number of halogens is 1. The highest BCUT2D eigenvalue weighted by atomic mass is 35.5. The summed E-state index contributed by atoms with van der Waals surface area (Å²) in [6.07, 6.45) is 0. The number of nitrogens with zero attached hydrogens (tertiary/aromatic N) is 2. The fraction of sp³-hybridized carbons (Fsp3) is 0. The summed E-state index contributed by atoms with van der Waals surface area (Å²) >= 11 is 10.3. The van der Waals surface area contributed by atoms with Gasteiger partial charge in [0, 0.05) is 51.1 Å². The Kier molecular flexibility index (Phi) is 3.88. The van der Waals surface area contributed by atoms with Crippen molar-refractivity contribution in [1.29, 1.82) is 0 Å². The molecule has 0 fully saturated rings. The van der Waals surface area contributed by atoms with Gasteiger partial charge in [0.25, 0.3) is 0 Å². The molecule has 0 saturated carbocycles. The van der Waals surface area contributed by atoms with E-state index in [0.717, 1.165) is 26.7 Å². The molecule has 0 aliphatic rings. The van der Waals surface area contributed by atoms with Crippen LogP contribution in [-0.4, -0.2) is 9.55 Å². The van der Waals surface area contributed by atoms with Gasteiger partial charge in [-0.2, -0.15) is 4.98 Å². The van der Waals surface area contributed by atoms with Crippen LogP contribution in [-0.2, 0) is 0 Å². The molecule has 0 bridgehead atoms. The second-order valence-electron chi connectivity index (χ2n) is 9.29. The molecule has 0 aliphatic heterocycles. The summed E-state index contributed by atoms with van der Waals surface area (Å²) in [4.78, 5) is 4.99. The number of hydrogen-bond donors (Lipinski definition) is 0. The van der Waals surface area contributed by atoms with Crippen LogP contribution in [0.2, 0.25) is 5.02 Å². The van der Waals surface area contributed by atoms with Gasteiger partial charge in [0.05, 0.1) is 16.1 Å². The number of benzene rings is 5. The second-order valence-corrected chi connectivity index (χ2v) is 11.8. The quantitative estimate of drug-likeness (QED) is 0.211. The Hall–Kier alpha value is -3.90. The van der Waals surface area contributed by atoms with Gasteiger partial charge in [0.15, 0.2) is 5.58 Å². The number of thiophene rings is 2. The van der Waals surface area contributed by atoms with Crippen LogP contribution in [0.25, 0.3) is 79.3 Å². The van der Waals surface area contributed by atoms with Crippen LogP contribution >= 0.6 is 34.3 Å². The highest BCUT2D eigenvalue weighted by molar-refractivity contribution is 7.27. The third-order valence-corrected chi connectivity index (χ3v) is 9.93. The molecule has 37 heavy (non-hydrogen) atoms. The summed E-state index contributed by atoms with van der Waals surface area (Å²) in [6.45, 7) is 0. The molecule has 4 aromatic heterocycles. The first-order valence-electron chi connectivity index (χ1n) is 12.0. The van der Waals surface area contributed by atoms with E-state index >= 15 is 0 Å². The third-order valence-electron chi connectivity index (χ3n) is 7.32. The van der Waals surface area contributed by atoms with E-state index in [1.54, 1.807) is 11.3 Å². The van der Waals surface area contributed by atoms with Gasteiger partial charge in [-0.05, 0) is 30.3 Å². The van der Waals surface area contributed by atoms with Crippen molar-refractivity contribution in [2.75, 3.05) is 0 Å². The first-order chi connectivity index (χ1) is 18.3. The second kappa shape index (κ2) is 7.11. The Labute approximate surface area is 222 Å². The van der Waals surface area contributed by atoms with Gasteiger partial charge < -0.3 is 4.42 Å². The molecule has 6 heteroatoms. The summed E-state index contributed by atoms with van der Waals surface area (Å²) in [5.74, 6) is 0. The zero-order valence-corrected chi connectivity index (χ0v) is 21.5. The van der Waals surface area contributed by atoms with E-state index in [1.807, 2.05) is 17.4 Å². The molecule has 3 nitrogen and oxygen atoms in total. The summed E-state index contributed by atoms with van der Waals surface area (Å²) in [5, 5.41) is 7.84. The Morgan fingerprint density at radius 3 is 2.24 bits per heavy atom. The molecule has 0 spiro atoms. The molecular weight excluding hydrogens is 516 g/mol. The number of oxazole rings is 1. The SMILES string of the molecule is Clc1cc2sc3ccccc3c2c2oc(-n3c4ccccc4c4c5sc6ccccc6c5ccc43)nc12. The van der Waals surface area contributed by atoms with Gasteiger partial charge >= 0.3 is 6.01 Å². The Morgan fingerprint density at radius 2 is 1.38 bits per heavy atom. The highest BCUT2D eigenvalue weighted by Gasteiger charge is 2.22. The largest absolute Gasteiger partial charge is 0.422 e. The van der Waals surface area contributed by atoms with E-state index in [2.05, 4.69) is 89.5 Å². The molecule has 174 valence electrons. The number of fused-ring (bicyclic) bond motifs is 12. The lowest BCUT2D eigenvalue weighted by molar-refractivity contribution is 0.577. The highest BCUT2D eigenvalue weighted by Crippen LogP contribution is 2.45. The van der Waals surface area contributed by atoms with Crippen molar-refractivity contribution in [1.82, 2.24) is 9.55 Å². The van der Waals surface area contributed by atoms with Crippen LogP contribution < -0.4 is 0 Å². The maximum Gasteiger partial charge on any atom is 0.307 e. The van der Waals surface area contributed by atoms with Crippen molar-refractivity contribution < 1.29 is 4.42 Å². The number of hydrogen-bond acceptors (Lipinski definition) is 4. The molecule has 0 saturated heterocycles. The van der Waals surface area contributed by atoms with E-state index in [1.165, 1.54) is 41.0 Å². The lowest BCUT2D eigenvalue weighted by Crippen LogP contribution is -1.93. The number of aromatic nitrogens is 2. The molecular formula is C31H15ClN2OS2. The predicted molar refractivity (Wildman–Crippen MR) is 159 cm³/mol. The van der Waals surface area contributed by atoms with Gasteiger partial charge in [0.2, 0.25) is 0 Å². The van der Waals surface area contributed by atoms with Crippen molar-refractivity contribution in [2.45, 2.75) is 0 Å². The van der Waals surface area contributed by atoms with Gasteiger partial charge in [-0.1, -0.05) is 72.3 Å². The van der Waals surface area contributed by atoms with Crippen molar-refractivity contribution in [2.24, 2.45) is 0 Å². The monoisotopic (exact) mass is 530 g/mol. The minimum absolute atomic E-state index is 0.534. The van der Waals surface area contributed by atoms with Crippen LogP contribution in [0.1, 0.15) is 0 Å². The van der Waals surface area contributed by atoms with E-state index in [4.69, 9.17) is 21.0 Å². The maximum atomic E-state index is 6.77. The van der Waals surface area contributed by atoms with Crippen LogP contribution in [0, 0.1) is 0 Å². The normalized spacial score (nSPS) is 12.5. The maximum absolute atomic E-state index is 6.77. The average molecular weight is 531 g/mol. The average Bonchev–Trinajstić information content (AvgIpc) is 3.67. The third kappa shape index (κ3) is 2.58. The Morgan fingerprint density at radius 1 is 0.649 bits per heavy atom. The van der Waals surface area contributed by atoms with E-state index in [-0.39, 0.29) is 0 Å². The molecule has 9 rings (SSSR count). The van der Waals surface area contributed by atoms with Gasteiger partial charge in [-0.15, -0.1) is 22.7 Å². The van der Waals surface area contributed by atoms with Crippen molar-refractivity contribution in [3.63, 3.8) is 0 Å². The molecule has 4 heterocycles. The summed E-state index contributed by atoms with van der Waals surface area (Å²) in [6, 6.07) is 32.5. The summed E-state index contributed by atoms with van der Waals surface area (Å²) in [5.41, 5.74) is 3.58. The molecule has 0 amide bonds. The topological polar surface area (TPSA) is 31.0 Å². The lowest BCUT2D eigenvalue weighted by Gasteiger charge is -2.01. The molecule has 0 atom stereocenters. The first kappa shape index (κ1) is 20.2. The van der Waals surface area contributed by atoms with Crippen molar-refractivity contribution in [3.05, 3.63) is 96.0 Å². The van der Waals surface area contributed by atoms with E-state index in [0.29, 0.717) is 16.6 Å². The first-order valence-corrected chi connectivity index (χ1v) is 14.0. The molecule has 0 unspecified atom stereocenters. The van der Waals surface area contributed by atoms with Crippen molar-refractivity contribution >= 4 is 108 Å². The summed E-state index contributed by atoms with van der Waals surface area (Å²) < 4.78 is 13.7. The standard InChI is InChI=1S/C31H15ClN2OS2/c32-20-15-25-27(19-9-3-6-12-24(19)36-25)29-28(20)33-31(35-29)34-21-10-4-1-8-18(21)26-22(34)14-13-17-16-7-2-5-11-23(16)37-30(17)26/h1-15H. The van der Waals surface area contributed by atoms with E-state index < -0.39 is 0 Å². The predicted octanol–water partition coefficient (Wildman–Crippen LogP) is 10.3. The molecule has 0 N–H and O–H groups in total. The number of para-hydroxylation sites is 1. The van der Waals surface area contributed by atoms with Crippen LogP contribution in [0.3, 0.4) is 0 Å². The molecule has 0 aliphatic carbocycles. The molecule has 0 radical (unpaired) electrons. The van der Waals surface area contributed by atoms with Gasteiger partial charge in [0.1, 0.15) is 5.52 Å². The van der Waals surface area contributed by atoms with Crippen LogP contribution in [0.4, 0.5) is 0 Å². The van der Waals surface area contributed by atoms with Crippen LogP contribution in [0.5, 0.6) is 0 Å². The zero-order chi connectivity index (χ0) is 24.2. The van der Waals surface area contributed by atoms with Crippen LogP contribution in [0.15, 0.2) is 95.4 Å². The van der Waals surface area contributed by atoms with E-state index in [9.17, 15) is 0 Å². The zero-order valence-electron chi connectivity index (χ0n) is 19.2. The molecule has 5 aromatic carbocycles. The number of rotatable bonds is 1. The molecule has 9 aromatic rings. The smallest absolute Gasteiger partial charge is 0.307 e. The summed E-state index contributed by atoms with van der Waals surface area (Å²) in [7, 11) is 0. The Balaban J connectivity index is 1.44. The minimum Gasteiger partial charge on any atom is -0.422 e. The fourth-order valence-electron chi connectivity index (χ4n) is 5.76. The fourth-order valence-corrected chi connectivity index (χ4v) is 8.47. The lowest BCUT2D eigenvalue weighted by atomic mass is 10.1. The van der Waals surface area contributed by atoms with Crippen molar-refractivity contribution in [3.8, 4) is 6.01 Å². The minimum atomic E-state index is 0.534. The van der Waals surface area contributed by atoms with Gasteiger partial charge in [-0.3, -0.25) is 4.57 Å². The van der Waals surface area contributed by atoms with Gasteiger partial charge in [-0.25, -0.2) is 0 Å². The Bertz CT molecular complexity index is 2390.